The molecule has 0 unspecified atom stereocenters. The van der Waals surface area contributed by atoms with E-state index in [0.29, 0.717) is 0 Å². The number of fused-ring (bicyclic) bond motifs is 5. The molecule has 0 saturated carbocycles. The first-order valence-corrected chi connectivity index (χ1v) is 9.97. The molecule has 0 aliphatic carbocycles. The van der Waals surface area contributed by atoms with Gasteiger partial charge in [-0.15, -0.1) is 12.6 Å². The molecule has 0 bridgehead atoms. The quantitative estimate of drug-likeness (QED) is 0.315. The molecular weight excluding hydrogens is 390 g/mol. The Balaban J connectivity index is 1.68. The predicted molar refractivity (Wildman–Crippen MR) is 112 cm³/mol. The zero-order valence-corrected chi connectivity index (χ0v) is 16.8. The number of benzene rings is 2. The summed E-state index contributed by atoms with van der Waals surface area (Å²) in [5.41, 5.74) is 5.85. The highest BCUT2D eigenvalue weighted by Gasteiger charge is 2.33. The van der Waals surface area contributed by atoms with Crippen LogP contribution in [0.2, 0.25) is 0 Å². The maximum Gasteiger partial charge on any atom is 0.231 e. The van der Waals surface area contributed by atoms with E-state index >= 15 is 0 Å². The third-order valence-corrected chi connectivity index (χ3v) is 6.82. The minimum Gasteiger partial charge on any atom is -0.454 e. The monoisotopic (exact) mass is 407 g/mol. The molecule has 5 nitrogen and oxygen atoms in total. The van der Waals surface area contributed by atoms with Gasteiger partial charge in [-0.2, -0.15) is 0 Å². The van der Waals surface area contributed by atoms with Crippen molar-refractivity contribution in [3.05, 3.63) is 69.8 Å². The number of nitrogens with one attached hydrogen (secondary N) is 1. The Morgan fingerprint density at radius 3 is 2.86 bits per heavy atom. The van der Waals surface area contributed by atoms with Crippen LogP contribution in [0.4, 0.5) is 0 Å². The molecule has 0 spiro atoms. The van der Waals surface area contributed by atoms with Crippen molar-refractivity contribution < 1.29 is 9.47 Å². The van der Waals surface area contributed by atoms with Crippen molar-refractivity contribution in [2.75, 3.05) is 6.79 Å². The molecule has 2 aromatic heterocycles. The van der Waals surface area contributed by atoms with Crippen LogP contribution in [0.15, 0.2) is 47.5 Å². The average Bonchev–Trinajstić information content (AvgIpc) is 3.38. The summed E-state index contributed by atoms with van der Waals surface area (Å²) in [5, 5.41) is 2.16. The average molecular weight is 408 g/mol. The Labute approximate surface area is 171 Å². The molecule has 0 saturated heterocycles. The molecule has 0 radical (unpaired) electrons. The predicted octanol–water partition coefficient (Wildman–Crippen LogP) is 4.60. The Kier molecular flexibility index (Phi) is 3.31. The summed E-state index contributed by atoms with van der Waals surface area (Å²) in [6, 6.07) is 14.5. The second-order valence-electron chi connectivity index (χ2n) is 7.24. The normalized spacial score (nSPS) is 17.0. The maximum absolute atomic E-state index is 5.79. The maximum atomic E-state index is 5.79. The molecule has 6 rings (SSSR count). The van der Waals surface area contributed by atoms with Gasteiger partial charge in [-0.25, -0.2) is 0 Å². The first kappa shape index (κ1) is 16.3. The van der Waals surface area contributed by atoms with Crippen LogP contribution in [0, 0.1) is 4.77 Å². The van der Waals surface area contributed by atoms with Crippen LogP contribution in [0.1, 0.15) is 28.6 Å². The van der Waals surface area contributed by atoms with E-state index in [1.165, 1.54) is 16.6 Å². The highest BCUT2D eigenvalue weighted by atomic mass is 32.1. The number of imidazole rings is 1. The zero-order chi connectivity index (χ0) is 19.0. The van der Waals surface area contributed by atoms with Crippen molar-refractivity contribution in [3.63, 3.8) is 0 Å². The Hall–Kier alpha value is -2.64. The number of aromatic amines is 1. The van der Waals surface area contributed by atoms with Crippen LogP contribution >= 0.6 is 24.8 Å². The van der Waals surface area contributed by atoms with Gasteiger partial charge in [-0.1, -0.05) is 24.3 Å². The lowest BCUT2D eigenvalue weighted by atomic mass is 9.93. The standard InChI is InChI=1S/C21H17N3O2S2/c1-23-20(27)15-9-13-12-4-2-3-5-14(12)22-18(13)19(24(15)21(23)28)11-6-7-16-17(8-11)26-10-25-16/h2-8,19,22,27H,9-10H2,1H3/t19-/m1/s1. The Morgan fingerprint density at radius 2 is 1.96 bits per heavy atom. The Bertz CT molecular complexity index is 1330. The number of para-hydroxylation sites is 1. The van der Waals surface area contributed by atoms with Crippen molar-refractivity contribution >= 4 is 35.7 Å². The van der Waals surface area contributed by atoms with Gasteiger partial charge in [-0.05, 0) is 41.5 Å². The summed E-state index contributed by atoms with van der Waals surface area (Å²) in [6.45, 7) is 0.262. The molecule has 4 aromatic rings. The zero-order valence-electron chi connectivity index (χ0n) is 15.1. The highest BCUT2D eigenvalue weighted by molar-refractivity contribution is 7.80. The number of hydrogen-bond acceptors (Lipinski definition) is 4. The summed E-state index contributed by atoms with van der Waals surface area (Å²) in [5.74, 6) is 1.55. The van der Waals surface area contributed by atoms with E-state index < -0.39 is 0 Å². The number of hydrogen-bond donors (Lipinski definition) is 2. The number of thiol groups is 1. The van der Waals surface area contributed by atoms with Crippen LogP contribution in [0.5, 0.6) is 11.5 Å². The van der Waals surface area contributed by atoms with E-state index in [0.717, 1.165) is 44.5 Å². The first-order valence-electron chi connectivity index (χ1n) is 9.11. The van der Waals surface area contributed by atoms with Gasteiger partial charge >= 0.3 is 0 Å². The SMILES string of the molecule is Cn1c(S)c2n(c1=S)[C@H](c1ccc3c(c1)OCO3)c1[nH]c3ccccc3c1C2. The number of nitrogens with zero attached hydrogens (tertiary/aromatic N) is 2. The summed E-state index contributed by atoms with van der Waals surface area (Å²) in [4.78, 5) is 3.66. The molecule has 1 atom stereocenters. The van der Waals surface area contributed by atoms with Crippen molar-refractivity contribution in [3.8, 4) is 11.5 Å². The molecule has 0 amide bonds. The molecule has 2 aromatic carbocycles. The third kappa shape index (κ3) is 2.06. The van der Waals surface area contributed by atoms with Gasteiger partial charge in [0.1, 0.15) is 6.04 Å². The smallest absolute Gasteiger partial charge is 0.231 e. The lowest BCUT2D eigenvalue weighted by Crippen LogP contribution is -2.22. The van der Waals surface area contributed by atoms with E-state index in [2.05, 4.69) is 45.9 Å². The van der Waals surface area contributed by atoms with Gasteiger partial charge in [0, 0.05) is 30.1 Å². The van der Waals surface area contributed by atoms with E-state index in [9.17, 15) is 0 Å². The van der Waals surface area contributed by atoms with E-state index in [4.69, 9.17) is 34.3 Å². The van der Waals surface area contributed by atoms with Crippen molar-refractivity contribution in [2.24, 2.45) is 7.05 Å². The fourth-order valence-corrected chi connectivity index (χ4v) is 5.10. The highest BCUT2D eigenvalue weighted by Crippen LogP contribution is 2.43. The van der Waals surface area contributed by atoms with Crippen LogP contribution in [-0.4, -0.2) is 20.9 Å². The Morgan fingerprint density at radius 1 is 1.14 bits per heavy atom. The van der Waals surface area contributed by atoms with Gasteiger partial charge in [0.25, 0.3) is 0 Å². The molecule has 2 aliphatic heterocycles. The van der Waals surface area contributed by atoms with Gasteiger partial charge < -0.3 is 23.6 Å². The third-order valence-electron chi connectivity index (χ3n) is 5.79. The lowest BCUT2D eigenvalue weighted by molar-refractivity contribution is 0.174. The topological polar surface area (TPSA) is 44.1 Å². The second kappa shape index (κ2) is 5.68. The minimum atomic E-state index is -0.0692. The van der Waals surface area contributed by atoms with Crippen molar-refractivity contribution in [2.45, 2.75) is 17.5 Å². The van der Waals surface area contributed by atoms with Crippen LogP contribution < -0.4 is 9.47 Å². The fraction of sp³-hybridized carbons (Fsp3) is 0.190. The number of H-pyrrole nitrogens is 1. The van der Waals surface area contributed by atoms with Gasteiger partial charge in [0.15, 0.2) is 16.3 Å². The summed E-state index contributed by atoms with van der Waals surface area (Å²) >= 11 is 10.6. The van der Waals surface area contributed by atoms with Gasteiger partial charge in [0.2, 0.25) is 6.79 Å². The van der Waals surface area contributed by atoms with Gasteiger partial charge in [-0.3, -0.25) is 0 Å². The number of ether oxygens (including phenoxy) is 2. The van der Waals surface area contributed by atoms with Gasteiger partial charge in [0.05, 0.1) is 10.7 Å². The molecule has 4 heterocycles. The molecule has 7 heteroatoms. The van der Waals surface area contributed by atoms with Crippen LogP contribution in [0.25, 0.3) is 10.9 Å². The second-order valence-corrected chi connectivity index (χ2v) is 8.03. The van der Waals surface area contributed by atoms with Crippen LogP contribution in [0.3, 0.4) is 0 Å². The molecule has 140 valence electrons. The molecule has 1 N–H and O–H groups in total. The largest absolute Gasteiger partial charge is 0.454 e. The lowest BCUT2D eigenvalue weighted by Gasteiger charge is -2.27. The fourth-order valence-electron chi connectivity index (χ4n) is 4.44. The van der Waals surface area contributed by atoms with E-state index in [-0.39, 0.29) is 12.8 Å². The van der Waals surface area contributed by atoms with Crippen LogP contribution in [-0.2, 0) is 13.5 Å². The summed E-state index contributed by atoms with van der Waals surface area (Å²) in [6.07, 6.45) is 0.795. The van der Waals surface area contributed by atoms with E-state index in [1.807, 2.05) is 17.7 Å². The van der Waals surface area contributed by atoms with Crippen molar-refractivity contribution in [1.82, 2.24) is 14.1 Å². The molecule has 2 aliphatic rings. The molecule has 28 heavy (non-hydrogen) atoms. The summed E-state index contributed by atoms with van der Waals surface area (Å²) < 4.78 is 16.1. The van der Waals surface area contributed by atoms with E-state index in [1.54, 1.807) is 0 Å². The summed E-state index contributed by atoms with van der Waals surface area (Å²) in [7, 11) is 1.97. The molecular formula is C21H17N3O2S2. The first-order chi connectivity index (χ1) is 13.6. The number of rotatable bonds is 1. The molecule has 0 fully saturated rings. The van der Waals surface area contributed by atoms with Crippen molar-refractivity contribution in [1.29, 1.82) is 0 Å². The minimum absolute atomic E-state index is 0.0692. The number of aromatic nitrogens is 3.